The lowest BCUT2D eigenvalue weighted by Gasteiger charge is -2.28. The first-order valence-corrected chi connectivity index (χ1v) is 11.1. The molecule has 7 nitrogen and oxygen atoms in total. The van der Waals surface area contributed by atoms with Crippen molar-refractivity contribution in [2.45, 2.75) is 25.7 Å². The van der Waals surface area contributed by atoms with E-state index in [0.717, 1.165) is 41.8 Å². The van der Waals surface area contributed by atoms with Crippen LogP contribution in [0.25, 0.3) is 22.2 Å². The third kappa shape index (κ3) is 4.94. The molecule has 0 spiro atoms. The van der Waals surface area contributed by atoms with Gasteiger partial charge in [0.05, 0.1) is 16.8 Å². The van der Waals surface area contributed by atoms with Gasteiger partial charge in [-0.05, 0) is 75.4 Å². The molecule has 0 atom stereocenters. The summed E-state index contributed by atoms with van der Waals surface area (Å²) in [5, 5.41) is 7.23. The number of nitrogens with one attached hydrogen (secondary N) is 2. The summed E-state index contributed by atoms with van der Waals surface area (Å²) in [6, 6.07) is 12.7. The van der Waals surface area contributed by atoms with E-state index in [4.69, 9.17) is 10.7 Å². The Morgan fingerprint density at radius 1 is 1.03 bits per heavy atom. The van der Waals surface area contributed by atoms with E-state index in [9.17, 15) is 9.59 Å². The summed E-state index contributed by atoms with van der Waals surface area (Å²) in [4.78, 5) is 33.3. The van der Waals surface area contributed by atoms with E-state index < -0.39 is 5.91 Å². The van der Waals surface area contributed by atoms with E-state index in [2.05, 4.69) is 15.6 Å². The molecule has 4 rings (SSSR count). The molecule has 0 saturated heterocycles. The van der Waals surface area contributed by atoms with Crippen LogP contribution >= 0.6 is 0 Å². The van der Waals surface area contributed by atoms with Gasteiger partial charge in [0.1, 0.15) is 5.69 Å². The minimum atomic E-state index is -0.580. The highest BCUT2D eigenvalue weighted by Gasteiger charge is 2.22. The molecule has 4 N–H and O–H groups in total. The molecule has 2 heterocycles. The molecule has 0 bridgehead atoms. The zero-order valence-electron chi connectivity index (χ0n) is 18.3. The normalized spacial score (nSPS) is 18.4. The number of pyridine rings is 2. The SMILES string of the molecule is CNCC1CCC(CNC(=O)c2cc(-c3ccc(C(N)=O)nc3)nc3ccccc23)CC1. The molecule has 3 aromatic rings. The van der Waals surface area contributed by atoms with Crippen LogP contribution in [0.2, 0.25) is 0 Å². The first kappa shape index (κ1) is 21.9. The van der Waals surface area contributed by atoms with Crippen molar-refractivity contribution in [3.05, 3.63) is 59.9 Å². The van der Waals surface area contributed by atoms with Crippen LogP contribution in [0.5, 0.6) is 0 Å². The zero-order valence-corrected chi connectivity index (χ0v) is 18.3. The number of hydrogen-bond acceptors (Lipinski definition) is 5. The predicted octanol–water partition coefficient (Wildman–Crippen LogP) is 3.15. The van der Waals surface area contributed by atoms with Crippen LogP contribution in [-0.4, -0.2) is 41.9 Å². The molecule has 0 aliphatic heterocycles. The highest BCUT2D eigenvalue weighted by molar-refractivity contribution is 6.07. The molecule has 32 heavy (non-hydrogen) atoms. The first-order chi connectivity index (χ1) is 15.5. The van der Waals surface area contributed by atoms with Gasteiger partial charge in [-0.15, -0.1) is 0 Å². The smallest absolute Gasteiger partial charge is 0.267 e. The molecule has 2 aromatic heterocycles. The molecule has 166 valence electrons. The maximum absolute atomic E-state index is 13.2. The number of hydrogen-bond donors (Lipinski definition) is 3. The Morgan fingerprint density at radius 2 is 1.75 bits per heavy atom. The Morgan fingerprint density at radius 3 is 2.41 bits per heavy atom. The quantitative estimate of drug-likeness (QED) is 0.532. The molecule has 1 aliphatic rings. The summed E-state index contributed by atoms with van der Waals surface area (Å²) in [5.41, 5.74) is 8.16. The van der Waals surface area contributed by atoms with Crippen molar-refractivity contribution < 1.29 is 9.59 Å². The number of rotatable bonds is 7. The summed E-state index contributed by atoms with van der Waals surface area (Å²) in [5.74, 6) is 0.588. The van der Waals surface area contributed by atoms with Gasteiger partial charge >= 0.3 is 0 Å². The number of fused-ring (bicyclic) bond motifs is 1. The maximum Gasteiger partial charge on any atom is 0.267 e. The fourth-order valence-electron chi connectivity index (χ4n) is 4.46. The number of carbonyl (C=O) groups excluding carboxylic acids is 2. The van der Waals surface area contributed by atoms with Gasteiger partial charge < -0.3 is 16.4 Å². The molecule has 1 saturated carbocycles. The minimum absolute atomic E-state index is 0.0936. The van der Waals surface area contributed by atoms with Crippen LogP contribution in [0.4, 0.5) is 0 Å². The van der Waals surface area contributed by atoms with Crippen LogP contribution < -0.4 is 16.4 Å². The third-order valence-corrected chi connectivity index (χ3v) is 6.28. The Balaban J connectivity index is 1.53. The molecule has 1 fully saturated rings. The van der Waals surface area contributed by atoms with E-state index in [1.807, 2.05) is 31.3 Å². The lowest BCUT2D eigenvalue weighted by Crippen LogP contribution is -2.32. The topological polar surface area (TPSA) is 110 Å². The largest absolute Gasteiger partial charge is 0.364 e. The second kappa shape index (κ2) is 9.87. The van der Waals surface area contributed by atoms with E-state index >= 15 is 0 Å². The number of nitrogens with zero attached hydrogens (tertiary/aromatic N) is 2. The molecule has 1 aliphatic carbocycles. The number of aromatic nitrogens is 2. The molecule has 0 radical (unpaired) electrons. The third-order valence-electron chi connectivity index (χ3n) is 6.28. The average molecular weight is 432 g/mol. The molecule has 1 aromatic carbocycles. The summed E-state index contributed by atoms with van der Waals surface area (Å²) >= 11 is 0. The molecule has 7 heteroatoms. The zero-order chi connectivity index (χ0) is 22.5. The number of benzene rings is 1. The number of nitrogens with two attached hydrogens (primary N) is 1. The number of amides is 2. The lowest BCUT2D eigenvalue weighted by atomic mass is 9.82. The average Bonchev–Trinajstić information content (AvgIpc) is 2.83. The molecule has 2 amide bonds. The fraction of sp³-hybridized carbons (Fsp3) is 0.360. The summed E-state index contributed by atoms with van der Waals surface area (Å²) in [7, 11) is 2.00. The molecular formula is C25H29N5O2. The van der Waals surface area contributed by atoms with Gasteiger partial charge in [-0.2, -0.15) is 0 Å². The van der Waals surface area contributed by atoms with E-state index in [1.165, 1.54) is 12.8 Å². The van der Waals surface area contributed by atoms with Crippen molar-refractivity contribution >= 4 is 22.7 Å². The standard InChI is InChI=1S/C25H29N5O2/c1-27-13-16-6-8-17(9-7-16)14-29-25(32)20-12-23(30-21-5-3-2-4-19(20)21)18-10-11-22(24(26)31)28-15-18/h2-5,10-12,15-17,27H,6-9,13-14H2,1H3,(H2,26,31)(H,29,32). The first-order valence-electron chi connectivity index (χ1n) is 11.1. The summed E-state index contributed by atoms with van der Waals surface area (Å²) < 4.78 is 0. The van der Waals surface area contributed by atoms with Crippen LogP contribution in [0.3, 0.4) is 0 Å². The lowest BCUT2D eigenvalue weighted by molar-refractivity contribution is 0.0941. The number of carbonyl (C=O) groups is 2. The van der Waals surface area contributed by atoms with Gasteiger partial charge in [0, 0.05) is 23.7 Å². The van der Waals surface area contributed by atoms with Crippen LogP contribution in [0, 0.1) is 11.8 Å². The Hall–Kier alpha value is -3.32. The Labute approximate surface area is 187 Å². The van der Waals surface area contributed by atoms with Crippen molar-refractivity contribution in [1.82, 2.24) is 20.6 Å². The number of primary amides is 1. The number of para-hydroxylation sites is 1. The predicted molar refractivity (Wildman–Crippen MR) is 125 cm³/mol. The van der Waals surface area contributed by atoms with Crippen molar-refractivity contribution in [2.75, 3.05) is 20.1 Å². The summed E-state index contributed by atoms with van der Waals surface area (Å²) in [6.07, 6.45) is 6.26. The summed E-state index contributed by atoms with van der Waals surface area (Å²) in [6.45, 7) is 1.76. The Kier molecular flexibility index (Phi) is 6.75. The van der Waals surface area contributed by atoms with Gasteiger partial charge in [-0.25, -0.2) is 4.98 Å². The molecular weight excluding hydrogens is 402 g/mol. The highest BCUT2D eigenvalue weighted by Crippen LogP contribution is 2.28. The van der Waals surface area contributed by atoms with Gasteiger partial charge in [0.25, 0.3) is 11.8 Å². The van der Waals surface area contributed by atoms with Crippen molar-refractivity contribution in [3.8, 4) is 11.3 Å². The second-order valence-electron chi connectivity index (χ2n) is 8.52. The van der Waals surface area contributed by atoms with E-state index in [0.29, 0.717) is 23.7 Å². The van der Waals surface area contributed by atoms with Crippen molar-refractivity contribution in [2.24, 2.45) is 17.6 Å². The Bertz CT molecular complexity index is 1110. The monoisotopic (exact) mass is 431 g/mol. The van der Waals surface area contributed by atoms with E-state index in [1.54, 1.807) is 24.4 Å². The van der Waals surface area contributed by atoms with Gasteiger partial charge in [0.15, 0.2) is 0 Å². The minimum Gasteiger partial charge on any atom is -0.364 e. The van der Waals surface area contributed by atoms with Gasteiger partial charge in [0.2, 0.25) is 0 Å². The van der Waals surface area contributed by atoms with Crippen LogP contribution in [0.15, 0.2) is 48.7 Å². The van der Waals surface area contributed by atoms with Crippen LogP contribution in [-0.2, 0) is 0 Å². The fourth-order valence-corrected chi connectivity index (χ4v) is 4.46. The molecule has 0 unspecified atom stereocenters. The van der Waals surface area contributed by atoms with Crippen molar-refractivity contribution in [3.63, 3.8) is 0 Å². The highest BCUT2D eigenvalue weighted by atomic mass is 16.2. The maximum atomic E-state index is 13.2. The second-order valence-corrected chi connectivity index (χ2v) is 8.52. The van der Waals surface area contributed by atoms with E-state index in [-0.39, 0.29) is 11.6 Å². The van der Waals surface area contributed by atoms with Crippen molar-refractivity contribution in [1.29, 1.82) is 0 Å². The van der Waals surface area contributed by atoms with Gasteiger partial charge in [-0.1, -0.05) is 18.2 Å². The van der Waals surface area contributed by atoms with Gasteiger partial charge in [-0.3, -0.25) is 14.6 Å². The van der Waals surface area contributed by atoms with Crippen LogP contribution in [0.1, 0.15) is 46.5 Å².